The maximum absolute atomic E-state index is 14.0. The monoisotopic (exact) mass is 753 g/mol. The molecule has 0 aliphatic carbocycles. The highest BCUT2D eigenvalue weighted by Gasteiger charge is 2.31. The first kappa shape index (κ1) is 39.6. The largest absolute Gasteiger partial charge is 0.345 e. The highest BCUT2D eigenvalue weighted by molar-refractivity contribution is 7.09. The van der Waals surface area contributed by atoms with Gasteiger partial charge in [-0.1, -0.05) is 86.6 Å². The first-order chi connectivity index (χ1) is 25.8. The summed E-state index contributed by atoms with van der Waals surface area (Å²) in [5.74, 6) is -3.27. The molecule has 14 heteroatoms. The summed E-state index contributed by atoms with van der Waals surface area (Å²) in [6.07, 6.45) is 0.383. The van der Waals surface area contributed by atoms with Crippen LogP contribution in [0.5, 0.6) is 0 Å². The lowest BCUT2D eigenvalue weighted by molar-refractivity contribution is -0.138. The summed E-state index contributed by atoms with van der Waals surface area (Å²) >= 11 is 1.19. The Hall–Kier alpha value is -5.63. The van der Waals surface area contributed by atoms with Crippen LogP contribution in [0.25, 0.3) is 10.8 Å². The second-order valence-corrected chi connectivity index (χ2v) is 14.8. The van der Waals surface area contributed by atoms with Crippen molar-refractivity contribution in [2.24, 2.45) is 5.92 Å². The van der Waals surface area contributed by atoms with Crippen LogP contribution in [0, 0.1) is 5.92 Å². The summed E-state index contributed by atoms with van der Waals surface area (Å²) in [6, 6.07) is 19.4. The molecule has 0 unspecified atom stereocenters. The molecular weight excluding hydrogens is 707 g/mol. The number of nitrogens with zero attached hydrogens (tertiary/aromatic N) is 3. The molecule has 1 aliphatic rings. The summed E-state index contributed by atoms with van der Waals surface area (Å²) < 4.78 is 0. The van der Waals surface area contributed by atoms with E-state index in [1.807, 2.05) is 72.8 Å². The minimum atomic E-state index is -1.02. The number of rotatable bonds is 5. The summed E-state index contributed by atoms with van der Waals surface area (Å²) in [5, 5.41) is 15.0. The van der Waals surface area contributed by atoms with Gasteiger partial charge in [0.25, 0.3) is 5.91 Å². The lowest BCUT2D eigenvalue weighted by Gasteiger charge is -2.29. The smallest absolute Gasteiger partial charge is 0.271 e. The van der Waals surface area contributed by atoms with E-state index in [0.29, 0.717) is 11.4 Å². The quantitative estimate of drug-likeness (QED) is 0.243. The van der Waals surface area contributed by atoms with Crippen molar-refractivity contribution < 1.29 is 28.8 Å². The molecule has 2 bridgehead atoms. The van der Waals surface area contributed by atoms with Crippen LogP contribution in [0.15, 0.2) is 78.2 Å². The molecule has 5 rings (SSSR count). The lowest BCUT2D eigenvalue weighted by Crippen LogP contribution is -2.57. The van der Waals surface area contributed by atoms with Crippen LogP contribution in [0.1, 0.15) is 60.4 Å². The fourth-order valence-corrected chi connectivity index (χ4v) is 7.10. The molecule has 0 saturated heterocycles. The van der Waals surface area contributed by atoms with Gasteiger partial charge in [-0.15, -0.1) is 11.3 Å². The van der Waals surface area contributed by atoms with E-state index < -0.39 is 53.7 Å². The molecule has 0 spiro atoms. The molecule has 2 heterocycles. The summed E-state index contributed by atoms with van der Waals surface area (Å²) in [4.78, 5) is 88.6. The van der Waals surface area contributed by atoms with Gasteiger partial charge in [0.05, 0.1) is 19.0 Å². The third kappa shape index (κ3) is 10.1. The molecule has 284 valence electrons. The van der Waals surface area contributed by atoms with Crippen LogP contribution >= 0.6 is 11.3 Å². The van der Waals surface area contributed by atoms with Crippen LogP contribution in [0.4, 0.5) is 0 Å². The number of nitrogens with one attached hydrogen (secondary N) is 4. The zero-order chi connectivity index (χ0) is 38.9. The number of thiazole rings is 1. The van der Waals surface area contributed by atoms with Crippen LogP contribution in [0.2, 0.25) is 0 Å². The number of fused-ring (bicyclic) bond motifs is 3. The molecule has 4 aromatic rings. The van der Waals surface area contributed by atoms with Gasteiger partial charge in [-0.25, -0.2) is 4.98 Å². The molecule has 0 saturated carbocycles. The molecule has 0 radical (unpaired) electrons. The highest BCUT2D eigenvalue weighted by atomic mass is 32.1. The minimum absolute atomic E-state index is 0.0257. The molecule has 6 amide bonds. The van der Waals surface area contributed by atoms with E-state index in [-0.39, 0.29) is 43.6 Å². The van der Waals surface area contributed by atoms with Crippen LogP contribution in [-0.4, -0.2) is 95.0 Å². The van der Waals surface area contributed by atoms with Gasteiger partial charge in [-0.3, -0.25) is 28.8 Å². The van der Waals surface area contributed by atoms with Crippen molar-refractivity contribution in [3.05, 3.63) is 100 Å². The Bertz CT molecular complexity index is 2000. The van der Waals surface area contributed by atoms with Crippen LogP contribution in [-0.2, 0) is 36.8 Å². The van der Waals surface area contributed by atoms with E-state index in [1.165, 1.54) is 28.1 Å². The average molecular weight is 754 g/mol. The van der Waals surface area contributed by atoms with Crippen molar-refractivity contribution in [3.8, 4) is 0 Å². The Morgan fingerprint density at radius 1 is 0.833 bits per heavy atom. The SMILES string of the molecule is CC(C)[C@@H]1NC(=O)[C@H](C)NC(=O)c2csc(n2)[C@H](Cc2ccccc2)NC(=O)CN(C(=O)Cc2cccc3ccccc23)CCN(C)C(=O)[C@@H](C)NC1=O. The third-order valence-electron chi connectivity index (χ3n) is 9.38. The molecule has 4 atom stereocenters. The molecule has 4 N–H and O–H groups in total. The molecule has 54 heavy (non-hydrogen) atoms. The molecule has 3 aromatic carbocycles. The van der Waals surface area contributed by atoms with Crippen LogP contribution in [0.3, 0.4) is 0 Å². The van der Waals surface area contributed by atoms with E-state index in [4.69, 9.17) is 0 Å². The molecule has 1 aromatic heterocycles. The zero-order valence-electron chi connectivity index (χ0n) is 31.1. The Kier molecular flexibility index (Phi) is 13.1. The third-order valence-corrected chi connectivity index (χ3v) is 10.3. The Labute approximate surface area is 318 Å². The summed E-state index contributed by atoms with van der Waals surface area (Å²) in [6.45, 7) is 6.37. The van der Waals surface area contributed by atoms with E-state index in [1.54, 1.807) is 33.2 Å². The van der Waals surface area contributed by atoms with Gasteiger partial charge in [0.2, 0.25) is 29.5 Å². The van der Waals surface area contributed by atoms with Gasteiger partial charge < -0.3 is 31.1 Å². The van der Waals surface area contributed by atoms with Crippen molar-refractivity contribution in [1.82, 2.24) is 36.1 Å². The number of benzene rings is 3. The normalized spacial score (nSPS) is 21.2. The maximum atomic E-state index is 14.0. The van der Waals surface area contributed by atoms with E-state index in [9.17, 15) is 28.8 Å². The second-order valence-electron chi connectivity index (χ2n) is 13.9. The predicted octanol–water partition coefficient (Wildman–Crippen LogP) is 3.00. The predicted molar refractivity (Wildman–Crippen MR) is 206 cm³/mol. The number of likely N-dealkylation sites (N-methyl/N-ethyl adjacent to an activating group) is 1. The van der Waals surface area contributed by atoms with E-state index in [2.05, 4.69) is 26.3 Å². The van der Waals surface area contributed by atoms with Gasteiger partial charge in [-0.05, 0) is 48.1 Å². The number of hydrogen-bond donors (Lipinski definition) is 4. The number of amides is 6. The number of hydrogen-bond acceptors (Lipinski definition) is 8. The number of carbonyl (C=O) groups is 6. The van der Waals surface area contributed by atoms with Gasteiger partial charge >= 0.3 is 0 Å². The fraction of sp³-hybridized carbons (Fsp3) is 0.375. The summed E-state index contributed by atoms with van der Waals surface area (Å²) in [7, 11) is 1.57. The standard InChI is InChI=1S/C40H47N7O6S/c1-24(2)35-38(52)42-26(4)40(53)46(5)18-19-47(34(49)21-29-16-11-15-28-14-9-10-17-30(28)29)22-33(48)43-31(20-27-12-7-6-8-13-27)39-44-32(23-54-39)37(51)41-25(3)36(50)45-35/h6-17,23-26,31,35H,18-22H2,1-5H3,(H,41,51)(H,42,52)(H,43,48)(H,45,50)/t25-,26+,31-,35-/m0/s1. The second kappa shape index (κ2) is 17.9. The average Bonchev–Trinajstić information content (AvgIpc) is 3.65. The van der Waals surface area contributed by atoms with Crippen molar-refractivity contribution in [1.29, 1.82) is 0 Å². The van der Waals surface area contributed by atoms with Crippen LogP contribution < -0.4 is 21.3 Å². The first-order valence-electron chi connectivity index (χ1n) is 18.0. The maximum Gasteiger partial charge on any atom is 0.271 e. The summed E-state index contributed by atoms with van der Waals surface area (Å²) in [5.41, 5.74) is 1.78. The molecule has 13 nitrogen and oxygen atoms in total. The molecule has 1 aliphatic heterocycles. The minimum Gasteiger partial charge on any atom is -0.345 e. The van der Waals surface area contributed by atoms with Gasteiger partial charge in [0, 0.05) is 25.5 Å². The van der Waals surface area contributed by atoms with Crippen molar-refractivity contribution in [2.45, 2.75) is 64.7 Å². The van der Waals surface area contributed by atoms with Gasteiger partial charge in [0.15, 0.2) is 0 Å². The first-order valence-corrected chi connectivity index (χ1v) is 18.9. The lowest BCUT2D eigenvalue weighted by atomic mass is 10.0. The number of carbonyl (C=O) groups excluding carboxylic acids is 6. The zero-order valence-corrected chi connectivity index (χ0v) is 31.9. The van der Waals surface area contributed by atoms with Gasteiger partial charge in [-0.2, -0.15) is 0 Å². The van der Waals surface area contributed by atoms with Crippen molar-refractivity contribution in [2.75, 3.05) is 26.7 Å². The Morgan fingerprint density at radius 2 is 1.54 bits per heavy atom. The van der Waals surface area contributed by atoms with E-state index in [0.717, 1.165) is 21.9 Å². The van der Waals surface area contributed by atoms with Crippen molar-refractivity contribution in [3.63, 3.8) is 0 Å². The topological polar surface area (TPSA) is 170 Å². The fourth-order valence-electron chi connectivity index (χ4n) is 6.25. The Balaban J connectivity index is 1.47. The van der Waals surface area contributed by atoms with E-state index >= 15 is 0 Å². The van der Waals surface area contributed by atoms with Crippen molar-refractivity contribution >= 4 is 57.6 Å². The molecule has 0 fully saturated rings. The molecular formula is C40H47N7O6S. The highest BCUT2D eigenvalue weighted by Crippen LogP contribution is 2.24. The number of aromatic nitrogens is 1. The Morgan fingerprint density at radius 3 is 2.28 bits per heavy atom. The van der Waals surface area contributed by atoms with Gasteiger partial charge in [0.1, 0.15) is 28.8 Å².